The van der Waals surface area contributed by atoms with E-state index in [-0.39, 0.29) is 0 Å². The number of aryl methyl sites for hydroxylation is 1. The summed E-state index contributed by atoms with van der Waals surface area (Å²) < 4.78 is 5.47. The zero-order valence-corrected chi connectivity index (χ0v) is 12.0. The highest BCUT2D eigenvalue weighted by atomic mass is 16.5. The molecule has 0 bridgehead atoms. The zero-order valence-electron chi connectivity index (χ0n) is 12.0. The van der Waals surface area contributed by atoms with Crippen LogP contribution in [0.25, 0.3) is 10.9 Å². The van der Waals surface area contributed by atoms with Gasteiger partial charge in [-0.2, -0.15) is 5.10 Å². The van der Waals surface area contributed by atoms with Crippen molar-refractivity contribution in [3.63, 3.8) is 0 Å². The van der Waals surface area contributed by atoms with Gasteiger partial charge in [-0.25, -0.2) is 0 Å². The maximum Gasteiger partial charge on any atom is 0.154 e. The molecular formula is C16H18N4O. The minimum atomic E-state index is 0.351. The SMILES string of the molecule is Cc1cc(C2CCCN2Cc2ccc3cn[nH]c3c2)on1. The molecule has 5 nitrogen and oxygen atoms in total. The van der Waals surface area contributed by atoms with Crippen molar-refractivity contribution in [2.75, 3.05) is 6.54 Å². The van der Waals surface area contributed by atoms with E-state index >= 15 is 0 Å². The summed E-state index contributed by atoms with van der Waals surface area (Å²) in [5.74, 6) is 0.993. The van der Waals surface area contributed by atoms with Crippen molar-refractivity contribution in [2.45, 2.75) is 32.4 Å². The Hall–Kier alpha value is -2.14. The van der Waals surface area contributed by atoms with Crippen molar-refractivity contribution in [1.82, 2.24) is 20.3 Å². The summed E-state index contributed by atoms with van der Waals surface area (Å²) in [4.78, 5) is 2.47. The molecule has 108 valence electrons. The third kappa shape index (κ3) is 2.34. The van der Waals surface area contributed by atoms with Gasteiger partial charge in [0, 0.05) is 18.0 Å². The fraction of sp³-hybridized carbons (Fsp3) is 0.375. The number of rotatable bonds is 3. The summed E-state index contributed by atoms with van der Waals surface area (Å²) in [6.45, 7) is 4.00. The molecule has 0 amide bonds. The molecule has 3 aromatic rings. The highest BCUT2D eigenvalue weighted by molar-refractivity contribution is 5.78. The molecule has 0 spiro atoms. The Morgan fingerprint density at radius 3 is 3.19 bits per heavy atom. The molecule has 1 aliphatic heterocycles. The minimum Gasteiger partial charge on any atom is -0.359 e. The smallest absolute Gasteiger partial charge is 0.154 e. The van der Waals surface area contributed by atoms with Crippen LogP contribution in [-0.4, -0.2) is 26.8 Å². The van der Waals surface area contributed by atoms with Crippen molar-refractivity contribution in [2.24, 2.45) is 0 Å². The normalized spacial score (nSPS) is 19.6. The number of hydrogen-bond acceptors (Lipinski definition) is 4. The van der Waals surface area contributed by atoms with Gasteiger partial charge in [-0.15, -0.1) is 0 Å². The molecule has 1 N–H and O–H groups in total. The number of hydrogen-bond donors (Lipinski definition) is 1. The summed E-state index contributed by atoms with van der Waals surface area (Å²) in [6.07, 6.45) is 4.20. The molecular weight excluding hydrogens is 264 g/mol. The second-order valence-corrected chi connectivity index (χ2v) is 5.79. The molecule has 1 unspecified atom stereocenters. The van der Waals surface area contributed by atoms with Gasteiger partial charge in [0.25, 0.3) is 0 Å². The summed E-state index contributed by atoms with van der Waals surface area (Å²) in [6, 6.07) is 8.89. The minimum absolute atomic E-state index is 0.351. The third-order valence-electron chi connectivity index (χ3n) is 4.23. The van der Waals surface area contributed by atoms with E-state index < -0.39 is 0 Å². The molecule has 1 aliphatic rings. The van der Waals surface area contributed by atoms with Gasteiger partial charge in [-0.3, -0.25) is 10.00 Å². The summed E-state index contributed by atoms with van der Waals surface area (Å²) in [5, 5.41) is 12.3. The van der Waals surface area contributed by atoms with Crippen LogP contribution in [0.3, 0.4) is 0 Å². The molecule has 2 aromatic heterocycles. The van der Waals surface area contributed by atoms with Crippen molar-refractivity contribution in [3.8, 4) is 0 Å². The number of H-pyrrole nitrogens is 1. The van der Waals surface area contributed by atoms with E-state index in [1.807, 2.05) is 13.1 Å². The Morgan fingerprint density at radius 2 is 2.33 bits per heavy atom. The summed E-state index contributed by atoms with van der Waals surface area (Å²) >= 11 is 0. The Morgan fingerprint density at radius 1 is 1.38 bits per heavy atom. The molecule has 1 aromatic carbocycles. The molecule has 1 fully saturated rings. The van der Waals surface area contributed by atoms with Crippen LogP contribution < -0.4 is 0 Å². The molecule has 3 heterocycles. The van der Waals surface area contributed by atoms with Gasteiger partial charge in [0.2, 0.25) is 0 Å². The number of benzene rings is 1. The van der Waals surface area contributed by atoms with Crippen LogP contribution in [0.5, 0.6) is 0 Å². The van der Waals surface area contributed by atoms with E-state index in [4.69, 9.17) is 4.52 Å². The standard InChI is InChI=1S/C16H18N4O/c1-11-7-16(21-19-11)15-3-2-6-20(15)10-12-4-5-13-9-17-18-14(13)8-12/h4-5,7-9,15H,2-3,6,10H2,1H3,(H,17,18). The fourth-order valence-electron chi connectivity index (χ4n) is 3.19. The highest BCUT2D eigenvalue weighted by Crippen LogP contribution is 2.33. The maximum absolute atomic E-state index is 5.47. The van der Waals surface area contributed by atoms with Crippen LogP contribution in [-0.2, 0) is 6.54 Å². The van der Waals surface area contributed by atoms with E-state index in [0.29, 0.717) is 6.04 Å². The van der Waals surface area contributed by atoms with Crippen LogP contribution >= 0.6 is 0 Å². The first-order valence-corrected chi connectivity index (χ1v) is 7.39. The summed E-state index contributed by atoms with van der Waals surface area (Å²) in [5.41, 5.74) is 3.35. The summed E-state index contributed by atoms with van der Waals surface area (Å²) in [7, 11) is 0. The monoisotopic (exact) mass is 282 g/mol. The van der Waals surface area contributed by atoms with Crippen molar-refractivity contribution in [1.29, 1.82) is 0 Å². The molecule has 1 atom stereocenters. The van der Waals surface area contributed by atoms with Crippen LogP contribution in [0.2, 0.25) is 0 Å². The van der Waals surface area contributed by atoms with Gasteiger partial charge in [0.15, 0.2) is 5.76 Å². The van der Waals surface area contributed by atoms with Crippen LogP contribution in [0.4, 0.5) is 0 Å². The van der Waals surface area contributed by atoms with Crippen molar-refractivity contribution >= 4 is 10.9 Å². The quantitative estimate of drug-likeness (QED) is 0.801. The number of aromatic amines is 1. The highest BCUT2D eigenvalue weighted by Gasteiger charge is 2.29. The van der Waals surface area contributed by atoms with E-state index in [1.54, 1.807) is 0 Å². The number of fused-ring (bicyclic) bond motifs is 1. The lowest BCUT2D eigenvalue weighted by molar-refractivity contribution is 0.206. The first-order chi connectivity index (χ1) is 10.3. The zero-order chi connectivity index (χ0) is 14.2. The van der Waals surface area contributed by atoms with Gasteiger partial charge < -0.3 is 4.52 Å². The average molecular weight is 282 g/mol. The van der Waals surface area contributed by atoms with E-state index in [1.165, 1.54) is 12.0 Å². The second kappa shape index (κ2) is 5.00. The Labute approximate surface area is 122 Å². The second-order valence-electron chi connectivity index (χ2n) is 5.79. The third-order valence-corrected chi connectivity index (χ3v) is 4.23. The lowest BCUT2D eigenvalue weighted by atomic mass is 10.1. The number of aromatic nitrogens is 3. The lowest BCUT2D eigenvalue weighted by Crippen LogP contribution is -2.22. The molecule has 5 heteroatoms. The van der Waals surface area contributed by atoms with Gasteiger partial charge in [-0.1, -0.05) is 17.3 Å². The lowest BCUT2D eigenvalue weighted by Gasteiger charge is -2.22. The Balaban J connectivity index is 1.57. The molecule has 21 heavy (non-hydrogen) atoms. The first-order valence-electron chi connectivity index (χ1n) is 7.39. The van der Waals surface area contributed by atoms with E-state index in [2.05, 4.69) is 44.5 Å². The number of nitrogens with one attached hydrogen (secondary N) is 1. The number of likely N-dealkylation sites (tertiary alicyclic amines) is 1. The average Bonchev–Trinajstić information content (AvgIpc) is 3.18. The van der Waals surface area contributed by atoms with Crippen LogP contribution in [0.15, 0.2) is 35.0 Å². The Bertz CT molecular complexity index is 760. The van der Waals surface area contributed by atoms with Gasteiger partial charge in [0.1, 0.15) is 0 Å². The predicted octanol–water partition coefficient (Wildman–Crippen LogP) is 3.20. The fourth-order valence-corrected chi connectivity index (χ4v) is 3.19. The molecule has 0 radical (unpaired) electrons. The van der Waals surface area contributed by atoms with Crippen LogP contribution in [0, 0.1) is 6.92 Å². The maximum atomic E-state index is 5.47. The van der Waals surface area contributed by atoms with E-state index in [9.17, 15) is 0 Å². The van der Waals surface area contributed by atoms with Crippen LogP contribution in [0.1, 0.15) is 35.9 Å². The van der Waals surface area contributed by atoms with Gasteiger partial charge in [-0.05, 0) is 37.9 Å². The molecule has 1 saturated heterocycles. The molecule has 4 rings (SSSR count). The largest absolute Gasteiger partial charge is 0.359 e. The van der Waals surface area contributed by atoms with Crippen molar-refractivity contribution < 1.29 is 4.52 Å². The molecule has 0 saturated carbocycles. The van der Waals surface area contributed by atoms with Gasteiger partial charge in [0.05, 0.1) is 23.4 Å². The molecule has 0 aliphatic carbocycles. The number of nitrogens with zero attached hydrogens (tertiary/aromatic N) is 3. The van der Waals surface area contributed by atoms with E-state index in [0.717, 1.165) is 41.9 Å². The Kier molecular flexibility index (Phi) is 3.00. The predicted molar refractivity (Wildman–Crippen MR) is 79.7 cm³/mol. The topological polar surface area (TPSA) is 58.0 Å². The van der Waals surface area contributed by atoms with Gasteiger partial charge >= 0.3 is 0 Å². The van der Waals surface area contributed by atoms with Crippen molar-refractivity contribution in [3.05, 3.63) is 47.5 Å². The first kappa shape index (κ1) is 12.6.